The Kier molecular flexibility index (Phi) is 6.12. The molecule has 2 aromatic heterocycles. The predicted octanol–water partition coefficient (Wildman–Crippen LogP) is 3.72. The molecule has 1 fully saturated rings. The molecule has 1 aliphatic rings. The van der Waals surface area contributed by atoms with Gasteiger partial charge in [-0.1, -0.05) is 35.3 Å². The molecule has 1 aliphatic heterocycles. The average Bonchev–Trinajstić information content (AvgIpc) is 3.49. The third-order valence-corrected chi connectivity index (χ3v) is 6.46. The molecule has 2 aromatic carbocycles. The van der Waals surface area contributed by atoms with Crippen molar-refractivity contribution in [2.45, 2.75) is 32.0 Å². The maximum Gasteiger partial charge on any atom is 0.337 e. The van der Waals surface area contributed by atoms with Gasteiger partial charge in [0.1, 0.15) is 0 Å². The van der Waals surface area contributed by atoms with Gasteiger partial charge in [-0.05, 0) is 49.2 Å². The lowest BCUT2D eigenvalue weighted by Gasteiger charge is -2.16. The van der Waals surface area contributed by atoms with Crippen LogP contribution in [-0.4, -0.2) is 37.2 Å². The Morgan fingerprint density at radius 2 is 1.85 bits per heavy atom. The Morgan fingerprint density at radius 3 is 2.56 bits per heavy atom. The summed E-state index contributed by atoms with van der Waals surface area (Å²) in [7, 11) is 0. The van der Waals surface area contributed by atoms with E-state index in [-0.39, 0.29) is 36.1 Å². The van der Waals surface area contributed by atoms with Crippen molar-refractivity contribution in [3.63, 3.8) is 0 Å². The fourth-order valence-corrected chi connectivity index (χ4v) is 4.53. The van der Waals surface area contributed by atoms with Crippen LogP contribution in [0, 0.1) is 0 Å². The van der Waals surface area contributed by atoms with Crippen molar-refractivity contribution in [2.24, 2.45) is 0 Å². The lowest BCUT2D eigenvalue weighted by Crippen LogP contribution is -2.42. The molecule has 0 bridgehead atoms. The number of carbonyl (C=O) groups is 1. The van der Waals surface area contributed by atoms with Crippen LogP contribution in [0.5, 0.6) is 0 Å². The number of carbonyl (C=O) groups excluding carboxylic acids is 1. The zero-order valence-corrected chi connectivity index (χ0v) is 19.5. The Morgan fingerprint density at radius 1 is 1.09 bits per heavy atom. The first-order chi connectivity index (χ1) is 16.4. The predicted molar refractivity (Wildman–Crippen MR) is 129 cm³/mol. The van der Waals surface area contributed by atoms with Crippen molar-refractivity contribution in [3.05, 3.63) is 91.3 Å². The molecule has 0 radical (unpaired) electrons. The molecular weight excluding hydrogens is 479 g/mol. The Hall–Kier alpha value is -3.20. The van der Waals surface area contributed by atoms with Crippen LogP contribution in [0.1, 0.15) is 23.2 Å². The van der Waals surface area contributed by atoms with E-state index >= 15 is 0 Å². The van der Waals surface area contributed by atoms with Gasteiger partial charge in [-0.2, -0.15) is 0 Å². The molecule has 8 nitrogen and oxygen atoms in total. The number of hydrogen-bond donors (Lipinski definition) is 0. The molecule has 0 spiro atoms. The van der Waals surface area contributed by atoms with Gasteiger partial charge in [0.25, 0.3) is 5.56 Å². The third-order valence-electron chi connectivity index (χ3n) is 5.88. The number of imidazole rings is 1. The third kappa shape index (κ3) is 4.09. The highest BCUT2D eigenvalue weighted by Crippen LogP contribution is 2.22. The normalized spacial score (nSPS) is 15.8. The minimum Gasteiger partial charge on any atom is -0.376 e. The number of aromatic nitrogens is 4. The Balaban J connectivity index is 1.68. The molecular formula is C24H20Cl2N4O4. The number of fused-ring (bicyclic) bond motifs is 1. The number of ketones is 1. The van der Waals surface area contributed by atoms with Gasteiger partial charge in [-0.15, -0.1) is 0 Å². The number of halogens is 2. The van der Waals surface area contributed by atoms with E-state index in [9.17, 15) is 14.4 Å². The fraction of sp³-hybridized carbons (Fsp3) is 0.250. The van der Waals surface area contributed by atoms with Crippen LogP contribution in [0.3, 0.4) is 0 Å². The number of para-hydroxylation sites is 1. The summed E-state index contributed by atoms with van der Waals surface area (Å²) in [5.74, 6) is -0.225. The van der Waals surface area contributed by atoms with Gasteiger partial charge in [0, 0.05) is 17.2 Å². The number of nitrogens with zero attached hydrogens (tertiary/aromatic N) is 4. The first-order valence-electron chi connectivity index (χ1n) is 10.8. The second kappa shape index (κ2) is 9.21. The minimum absolute atomic E-state index is 0.106. The molecule has 0 saturated carbocycles. The lowest BCUT2D eigenvalue weighted by atomic mass is 10.1. The van der Waals surface area contributed by atoms with Crippen LogP contribution in [-0.2, 0) is 17.8 Å². The maximum atomic E-state index is 13.5. The first kappa shape index (κ1) is 22.6. The first-order valence-corrected chi connectivity index (χ1v) is 11.6. The average molecular weight is 499 g/mol. The fourth-order valence-electron chi connectivity index (χ4n) is 4.18. The molecule has 0 amide bonds. The number of benzene rings is 2. The second-order valence-electron chi connectivity index (χ2n) is 8.09. The molecule has 0 aliphatic carbocycles. The van der Waals surface area contributed by atoms with E-state index in [0.717, 1.165) is 17.4 Å². The highest BCUT2D eigenvalue weighted by Gasteiger charge is 2.24. The molecule has 0 N–H and O–H groups in total. The van der Waals surface area contributed by atoms with Crippen molar-refractivity contribution in [1.82, 2.24) is 18.7 Å². The van der Waals surface area contributed by atoms with Crippen LogP contribution in [0.4, 0.5) is 0 Å². The van der Waals surface area contributed by atoms with Crippen LogP contribution < -0.4 is 11.2 Å². The summed E-state index contributed by atoms with van der Waals surface area (Å²) in [6.45, 7) is 0.566. The van der Waals surface area contributed by atoms with Gasteiger partial charge >= 0.3 is 5.69 Å². The number of Topliss-reactive ketones (excluding diaryl/α,β-unsaturated/α-hetero) is 1. The quantitative estimate of drug-likeness (QED) is 0.378. The summed E-state index contributed by atoms with van der Waals surface area (Å²) in [4.78, 5) is 44.3. The van der Waals surface area contributed by atoms with Crippen molar-refractivity contribution >= 4 is 40.1 Å². The van der Waals surface area contributed by atoms with E-state index in [1.54, 1.807) is 48.5 Å². The van der Waals surface area contributed by atoms with E-state index in [2.05, 4.69) is 4.98 Å². The smallest absolute Gasteiger partial charge is 0.337 e. The van der Waals surface area contributed by atoms with E-state index in [1.165, 1.54) is 15.5 Å². The molecule has 3 heterocycles. The lowest BCUT2D eigenvalue weighted by molar-refractivity contribution is 0.0947. The van der Waals surface area contributed by atoms with Gasteiger partial charge in [0.2, 0.25) is 0 Å². The maximum absolute atomic E-state index is 13.5. The van der Waals surface area contributed by atoms with Crippen molar-refractivity contribution in [1.29, 1.82) is 0 Å². The monoisotopic (exact) mass is 498 g/mol. The van der Waals surface area contributed by atoms with E-state index in [1.807, 2.05) is 0 Å². The van der Waals surface area contributed by atoms with Gasteiger partial charge in [-0.3, -0.25) is 14.2 Å². The number of ether oxygens (including phenoxy) is 1. The molecule has 34 heavy (non-hydrogen) atoms. The van der Waals surface area contributed by atoms with Gasteiger partial charge < -0.3 is 9.30 Å². The zero-order valence-electron chi connectivity index (χ0n) is 18.0. The second-order valence-corrected chi connectivity index (χ2v) is 8.94. The Labute approximate surface area is 203 Å². The number of hydrogen-bond acceptors (Lipinski definition) is 5. The van der Waals surface area contributed by atoms with Crippen LogP contribution in [0.15, 0.2) is 64.4 Å². The van der Waals surface area contributed by atoms with E-state index < -0.39 is 11.2 Å². The zero-order chi connectivity index (χ0) is 23.8. The van der Waals surface area contributed by atoms with Crippen LogP contribution >= 0.6 is 23.2 Å². The summed E-state index contributed by atoms with van der Waals surface area (Å²) in [5.41, 5.74) is 0.0332. The molecule has 1 saturated heterocycles. The standard InChI is InChI=1S/C24H20Cl2N4O4/c25-16-9-7-15(8-10-16)20(31)13-28-14-27-22-21(28)23(32)29(12-17-4-3-11-34-17)24(33)30(22)19-6-2-1-5-18(19)26/h1-2,5-10,14,17H,3-4,11-13H2/t17-/m0/s1. The Bertz CT molecular complexity index is 1500. The van der Waals surface area contributed by atoms with Crippen molar-refractivity contribution in [3.8, 4) is 5.69 Å². The summed E-state index contributed by atoms with van der Waals surface area (Å²) in [6.07, 6.45) is 2.77. The van der Waals surface area contributed by atoms with Gasteiger partial charge in [0.15, 0.2) is 16.9 Å². The summed E-state index contributed by atoms with van der Waals surface area (Å²) < 4.78 is 9.60. The van der Waals surface area contributed by atoms with Crippen molar-refractivity contribution in [2.75, 3.05) is 6.61 Å². The molecule has 174 valence electrons. The largest absolute Gasteiger partial charge is 0.376 e. The SMILES string of the molecule is O=C(Cn1cnc2c1c(=O)n(C[C@@H]1CCCO1)c(=O)n2-c1ccccc1Cl)c1ccc(Cl)cc1. The minimum atomic E-state index is -0.560. The summed E-state index contributed by atoms with van der Waals surface area (Å²) in [6, 6.07) is 13.3. The van der Waals surface area contributed by atoms with Gasteiger partial charge in [0.05, 0.1) is 36.2 Å². The van der Waals surface area contributed by atoms with Crippen LogP contribution in [0.2, 0.25) is 10.0 Å². The summed E-state index contributed by atoms with van der Waals surface area (Å²) in [5, 5.41) is 0.852. The topological polar surface area (TPSA) is 88.1 Å². The molecule has 10 heteroatoms. The molecule has 4 aromatic rings. The highest BCUT2D eigenvalue weighted by molar-refractivity contribution is 6.32. The highest BCUT2D eigenvalue weighted by atomic mass is 35.5. The molecule has 1 atom stereocenters. The van der Waals surface area contributed by atoms with Crippen LogP contribution in [0.25, 0.3) is 16.9 Å². The van der Waals surface area contributed by atoms with Gasteiger partial charge in [-0.25, -0.2) is 14.3 Å². The van der Waals surface area contributed by atoms with E-state index in [0.29, 0.717) is 27.9 Å². The number of rotatable bonds is 6. The molecule has 5 rings (SSSR count). The summed E-state index contributed by atoms with van der Waals surface area (Å²) >= 11 is 12.3. The molecule has 0 unspecified atom stereocenters. The van der Waals surface area contributed by atoms with E-state index in [4.69, 9.17) is 27.9 Å². The van der Waals surface area contributed by atoms with Crippen molar-refractivity contribution < 1.29 is 9.53 Å².